The Labute approximate surface area is 114 Å². The first-order valence-corrected chi connectivity index (χ1v) is 5.74. The van der Waals surface area contributed by atoms with Crippen LogP contribution in [0.2, 0.25) is 0 Å². The molecule has 0 aliphatic rings. The van der Waals surface area contributed by atoms with Crippen molar-refractivity contribution in [1.29, 1.82) is 0 Å². The Bertz CT molecular complexity index is 668. The molecule has 20 heavy (non-hydrogen) atoms. The van der Waals surface area contributed by atoms with Gasteiger partial charge in [0.1, 0.15) is 5.69 Å². The van der Waals surface area contributed by atoms with Crippen LogP contribution in [0, 0.1) is 27.2 Å². The number of nitrogens with zero attached hydrogens (tertiary/aromatic N) is 2. The van der Waals surface area contributed by atoms with Gasteiger partial charge in [-0.15, -0.1) is 0 Å². The summed E-state index contributed by atoms with van der Waals surface area (Å²) >= 11 is 0. The fourth-order valence-corrected chi connectivity index (χ4v) is 1.68. The summed E-state index contributed by atoms with van der Waals surface area (Å²) in [6, 6.07) is 10.8. The lowest BCUT2D eigenvalue weighted by atomic mass is 10.2. The number of hydrogen-bond acceptors (Lipinski definition) is 5. The van der Waals surface area contributed by atoms with Gasteiger partial charge in [-0.25, -0.2) is 0 Å². The molecule has 0 saturated carbocycles. The Balaban J connectivity index is 2.38. The van der Waals surface area contributed by atoms with Crippen LogP contribution in [0.4, 0.5) is 22.7 Å². The minimum Gasteiger partial charge on any atom is -0.350 e. The first-order valence-electron chi connectivity index (χ1n) is 5.74. The van der Waals surface area contributed by atoms with E-state index in [-0.39, 0.29) is 17.1 Å². The Morgan fingerprint density at radius 3 is 2.15 bits per heavy atom. The molecule has 0 aliphatic carbocycles. The van der Waals surface area contributed by atoms with Gasteiger partial charge in [-0.05, 0) is 25.1 Å². The molecule has 0 aliphatic heterocycles. The van der Waals surface area contributed by atoms with Crippen molar-refractivity contribution in [2.75, 3.05) is 5.32 Å². The van der Waals surface area contributed by atoms with Gasteiger partial charge >= 0.3 is 0 Å². The van der Waals surface area contributed by atoms with Crippen LogP contribution in [-0.4, -0.2) is 9.85 Å². The molecule has 0 bridgehead atoms. The van der Waals surface area contributed by atoms with Crippen molar-refractivity contribution < 1.29 is 9.85 Å². The largest absolute Gasteiger partial charge is 0.350 e. The number of nitro groups is 2. The van der Waals surface area contributed by atoms with Crippen molar-refractivity contribution >= 4 is 22.7 Å². The Kier molecular flexibility index (Phi) is 3.60. The van der Waals surface area contributed by atoms with E-state index in [9.17, 15) is 20.2 Å². The van der Waals surface area contributed by atoms with E-state index in [2.05, 4.69) is 5.32 Å². The van der Waals surface area contributed by atoms with Gasteiger partial charge in [0.25, 0.3) is 11.4 Å². The minimum atomic E-state index is -0.664. The zero-order valence-corrected chi connectivity index (χ0v) is 10.6. The van der Waals surface area contributed by atoms with Gasteiger partial charge in [0.15, 0.2) is 0 Å². The molecule has 0 unspecified atom stereocenters. The molecule has 2 aromatic rings. The second kappa shape index (κ2) is 5.35. The van der Waals surface area contributed by atoms with Crippen LogP contribution in [0.3, 0.4) is 0 Å². The lowest BCUT2D eigenvalue weighted by Crippen LogP contribution is -1.98. The highest BCUT2D eigenvalue weighted by molar-refractivity contribution is 5.71. The minimum absolute atomic E-state index is 0.212. The van der Waals surface area contributed by atoms with E-state index in [1.165, 1.54) is 12.1 Å². The predicted octanol–water partition coefficient (Wildman–Crippen LogP) is 3.56. The molecule has 1 N–H and O–H groups in total. The quantitative estimate of drug-likeness (QED) is 0.678. The molecule has 0 amide bonds. The average molecular weight is 273 g/mol. The fraction of sp³-hybridized carbons (Fsp3) is 0.0769. The van der Waals surface area contributed by atoms with Crippen LogP contribution in [0.25, 0.3) is 0 Å². The number of benzene rings is 2. The normalized spacial score (nSPS) is 10.1. The van der Waals surface area contributed by atoms with E-state index in [0.29, 0.717) is 5.69 Å². The van der Waals surface area contributed by atoms with E-state index in [1.54, 1.807) is 12.1 Å². The summed E-state index contributed by atoms with van der Waals surface area (Å²) in [6.07, 6.45) is 0. The number of anilines is 2. The molecule has 7 heteroatoms. The monoisotopic (exact) mass is 273 g/mol. The highest BCUT2D eigenvalue weighted by atomic mass is 16.6. The van der Waals surface area contributed by atoms with Crippen molar-refractivity contribution in [3.8, 4) is 0 Å². The van der Waals surface area contributed by atoms with Crippen LogP contribution in [0.1, 0.15) is 5.56 Å². The van der Waals surface area contributed by atoms with E-state index in [1.807, 2.05) is 19.1 Å². The third-order valence-electron chi connectivity index (χ3n) is 2.72. The maximum atomic E-state index is 11.0. The molecule has 0 radical (unpaired) electrons. The van der Waals surface area contributed by atoms with E-state index < -0.39 is 9.85 Å². The Hall–Kier alpha value is -2.96. The molecular formula is C13H11N3O4. The zero-order chi connectivity index (χ0) is 14.7. The number of nitrogens with one attached hydrogen (secondary N) is 1. The van der Waals surface area contributed by atoms with Crippen molar-refractivity contribution in [3.63, 3.8) is 0 Å². The summed E-state index contributed by atoms with van der Waals surface area (Å²) in [6.45, 7) is 1.93. The molecule has 0 aromatic heterocycles. The number of nitro benzene ring substituents is 2. The molecule has 102 valence electrons. The summed E-state index contributed by atoms with van der Waals surface area (Å²) in [5.74, 6) is 0. The first kappa shape index (κ1) is 13.5. The van der Waals surface area contributed by atoms with Gasteiger partial charge in [0.05, 0.1) is 15.9 Å². The molecule has 0 spiro atoms. The van der Waals surface area contributed by atoms with E-state index in [4.69, 9.17) is 0 Å². The SMILES string of the molecule is Cc1ccc(Nc2ccc([N+](=O)[O-])cc2[N+](=O)[O-])cc1. The molecule has 7 nitrogen and oxygen atoms in total. The van der Waals surface area contributed by atoms with Gasteiger partial charge in [-0.1, -0.05) is 17.7 Å². The predicted molar refractivity (Wildman–Crippen MR) is 74.2 cm³/mol. The van der Waals surface area contributed by atoms with Crippen molar-refractivity contribution in [1.82, 2.24) is 0 Å². The second-order valence-electron chi connectivity index (χ2n) is 4.21. The topological polar surface area (TPSA) is 98.3 Å². The third kappa shape index (κ3) is 2.89. The van der Waals surface area contributed by atoms with Gasteiger partial charge in [-0.2, -0.15) is 0 Å². The van der Waals surface area contributed by atoms with Crippen molar-refractivity contribution in [3.05, 3.63) is 68.3 Å². The number of hydrogen-bond donors (Lipinski definition) is 1. The second-order valence-corrected chi connectivity index (χ2v) is 4.21. The average Bonchev–Trinajstić information content (AvgIpc) is 2.41. The Morgan fingerprint density at radius 1 is 0.950 bits per heavy atom. The number of rotatable bonds is 4. The lowest BCUT2D eigenvalue weighted by Gasteiger charge is -2.07. The van der Waals surface area contributed by atoms with Crippen LogP contribution < -0.4 is 5.32 Å². The summed E-state index contributed by atoms with van der Waals surface area (Å²) in [5.41, 5.74) is 1.30. The van der Waals surface area contributed by atoms with E-state index in [0.717, 1.165) is 11.6 Å². The summed E-state index contributed by atoms with van der Waals surface area (Å²) in [7, 11) is 0. The molecule has 0 atom stereocenters. The highest BCUT2D eigenvalue weighted by Gasteiger charge is 2.19. The lowest BCUT2D eigenvalue weighted by molar-refractivity contribution is -0.393. The molecular weight excluding hydrogens is 262 g/mol. The Morgan fingerprint density at radius 2 is 1.60 bits per heavy atom. The van der Waals surface area contributed by atoms with Gasteiger partial charge in [0, 0.05) is 11.8 Å². The number of aryl methyl sites for hydroxylation is 1. The zero-order valence-electron chi connectivity index (χ0n) is 10.6. The van der Waals surface area contributed by atoms with Crippen LogP contribution in [-0.2, 0) is 0 Å². The van der Waals surface area contributed by atoms with Gasteiger partial charge in [0.2, 0.25) is 0 Å². The summed E-state index contributed by atoms with van der Waals surface area (Å²) < 4.78 is 0. The maximum Gasteiger partial charge on any atom is 0.299 e. The molecule has 0 saturated heterocycles. The third-order valence-corrected chi connectivity index (χ3v) is 2.72. The van der Waals surface area contributed by atoms with Crippen molar-refractivity contribution in [2.45, 2.75) is 6.92 Å². The van der Waals surface area contributed by atoms with Crippen LogP contribution in [0.5, 0.6) is 0 Å². The first-order chi connectivity index (χ1) is 9.47. The summed E-state index contributed by atoms with van der Waals surface area (Å²) in [4.78, 5) is 20.3. The highest BCUT2D eigenvalue weighted by Crippen LogP contribution is 2.31. The molecule has 2 aromatic carbocycles. The summed E-state index contributed by atoms with van der Waals surface area (Å²) in [5, 5.41) is 24.5. The standard InChI is InChI=1S/C13H11N3O4/c1-9-2-4-10(5-3-9)14-12-7-6-11(15(17)18)8-13(12)16(19)20/h2-8,14H,1H3. The van der Waals surface area contributed by atoms with Crippen LogP contribution in [0.15, 0.2) is 42.5 Å². The van der Waals surface area contributed by atoms with Gasteiger partial charge in [-0.3, -0.25) is 20.2 Å². The molecule has 0 heterocycles. The molecule has 2 rings (SSSR count). The molecule has 0 fully saturated rings. The number of non-ortho nitro benzene ring substituents is 1. The van der Waals surface area contributed by atoms with Gasteiger partial charge < -0.3 is 5.32 Å². The van der Waals surface area contributed by atoms with Crippen molar-refractivity contribution in [2.24, 2.45) is 0 Å². The fourth-order valence-electron chi connectivity index (χ4n) is 1.68. The maximum absolute atomic E-state index is 11.0. The smallest absolute Gasteiger partial charge is 0.299 e. The van der Waals surface area contributed by atoms with E-state index >= 15 is 0 Å². The van der Waals surface area contributed by atoms with Crippen LogP contribution >= 0.6 is 0 Å².